The quantitative estimate of drug-likeness (QED) is 0.510. The molecule has 4 rings (SSSR count). The molecule has 0 saturated carbocycles. The van der Waals surface area contributed by atoms with E-state index in [-0.39, 0.29) is 0 Å². The molecular formula is C20H17F3N2S. The van der Waals surface area contributed by atoms with Gasteiger partial charge in [-0.25, -0.2) is 4.98 Å². The number of unbranched alkanes of at least 4 members (excludes halogenated alkanes) is 1. The number of hydrogen-bond donors (Lipinski definition) is 0. The van der Waals surface area contributed by atoms with Crippen LogP contribution in [0, 0.1) is 0 Å². The topological polar surface area (TPSA) is 16.1 Å². The minimum Gasteiger partial charge on any atom is -0.324 e. The van der Waals surface area contributed by atoms with Crippen molar-refractivity contribution < 1.29 is 13.2 Å². The molecule has 0 spiro atoms. The Hall–Kier alpha value is -2.21. The first-order valence-electron chi connectivity index (χ1n) is 8.54. The van der Waals surface area contributed by atoms with Crippen LogP contribution >= 0.6 is 11.8 Å². The number of anilines is 2. The van der Waals surface area contributed by atoms with E-state index in [1.54, 1.807) is 6.07 Å². The minimum absolute atomic E-state index is 0.614. The van der Waals surface area contributed by atoms with Crippen molar-refractivity contribution in [2.75, 3.05) is 11.4 Å². The Balaban J connectivity index is 1.86. The number of fused-ring (bicyclic) bond motifs is 3. The molecule has 0 atom stereocenters. The van der Waals surface area contributed by atoms with Gasteiger partial charge in [0.05, 0.1) is 21.7 Å². The van der Waals surface area contributed by atoms with Crippen molar-refractivity contribution in [2.45, 2.75) is 35.7 Å². The summed E-state index contributed by atoms with van der Waals surface area (Å²) in [6.07, 6.45) is -2.40. The van der Waals surface area contributed by atoms with Crippen LogP contribution in [0.25, 0.3) is 10.9 Å². The van der Waals surface area contributed by atoms with E-state index in [4.69, 9.17) is 4.98 Å². The monoisotopic (exact) mass is 374 g/mol. The van der Waals surface area contributed by atoms with Gasteiger partial charge < -0.3 is 4.90 Å². The fourth-order valence-electron chi connectivity index (χ4n) is 3.13. The second-order valence-electron chi connectivity index (χ2n) is 6.29. The zero-order chi connectivity index (χ0) is 18.3. The molecule has 1 aliphatic rings. The molecule has 1 aliphatic heterocycles. The lowest BCUT2D eigenvalue weighted by molar-refractivity contribution is -0.137. The molecule has 1 aromatic heterocycles. The highest BCUT2D eigenvalue weighted by atomic mass is 32.2. The molecule has 3 aromatic rings. The number of para-hydroxylation sites is 1. The zero-order valence-corrected chi connectivity index (χ0v) is 15.0. The number of nitrogens with zero attached hydrogens (tertiary/aromatic N) is 2. The first-order valence-corrected chi connectivity index (χ1v) is 9.35. The number of pyridine rings is 1. The van der Waals surface area contributed by atoms with E-state index in [0.29, 0.717) is 4.90 Å². The van der Waals surface area contributed by atoms with E-state index in [1.165, 1.54) is 17.8 Å². The van der Waals surface area contributed by atoms with Crippen LogP contribution < -0.4 is 4.90 Å². The van der Waals surface area contributed by atoms with Crippen molar-refractivity contribution in [3.63, 3.8) is 0 Å². The summed E-state index contributed by atoms with van der Waals surface area (Å²) in [6.45, 7) is 2.83. The Morgan fingerprint density at radius 3 is 2.62 bits per heavy atom. The predicted molar refractivity (Wildman–Crippen MR) is 99.2 cm³/mol. The molecule has 26 heavy (non-hydrogen) atoms. The lowest BCUT2D eigenvalue weighted by Crippen LogP contribution is -2.23. The standard InChI is InChI=1S/C20H17F3N2S/c1-2-3-10-25-16-9-8-14(20(21,22)23)12-17(16)26-18-11-13-6-4-5-7-15(13)24-19(18)25/h4-9,11-12H,2-3,10H2,1H3. The third-order valence-corrected chi connectivity index (χ3v) is 5.53. The summed E-state index contributed by atoms with van der Waals surface area (Å²) in [5.41, 5.74) is 1.08. The second-order valence-corrected chi connectivity index (χ2v) is 7.37. The summed E-state index contributed by atoms with van der Waals surface area (Å²) in [6, 6.07) is 13.8. The second kappa shape index (κ2) is 6.50. The summed E-state index contributed by atoms with van der Waals surface area (Å²) in [5.74, 6) is 0.828. The van der Waals surface area contributed by atoms with Crippen molar-refractivity contribution in [1.82, 2.24) is 4.98 Å². The Morgan fingerprint density at radius 1 is 1.04 bits per heavy atom. The first-order chi connectivity index (χ1) is 12.5. The van der Waals surface area contributed by atoms with E-state index < -0.39 is 11.7 Å². The summed E-state index contributed by atoms with van der Waals surface area (Å²) < 4.78 is 39.4. The molecule has 0 amide bonds. The Bertz CT molecular complexity index is 969. The maximum atomic E-state index is 13.1. The SMILES string of the molecule is CCCCN1c2ccc(C(F)(F)F)cc2Sc2cc3ccccc3nc21. The van der Waals surface area contributed by atoms with Gasteiger partial charge in [0.2, 0.25) is 0 Å². The molecule has 6 heteroatoms. The molecule has 0 aliphatic carbocycles. The van der Waals surface area contributed by atoms with Gasteiger partial charge in [-0.1, -0.05) is 43.3 Å². The molecular weight excluding hydrogens is 357 g/mol. The lowest BCUT2D eigenvalue weighted by Gasteiger charge is -2.32. The maximum absolute atomic E-state index is 13.1. The molecule has 0 unspecified atom stereocenters. The molecule has 0 fully saturated rings. The average Bonchev–Trinajstić information content (AvgIpc) is 2.62. The van der Waals surface area contributed by atoms with Crippen LogP contribution in [0.1, 0.15) is 25.3 Å². The van der Waals surface area contributed by atoms with Crippen LogP contribution in [0.5, 0.6) is 0 Å². The third kappa shape index (κ3) is 3.03. The summed E-state index contributed by atoms with van der Waals surface area (Å²) in [4.78, 5) is 8.38. The van der Waals surface area contributed by atoms with Crippen LogP contribution in [0.15, 0.2) is 58.3 Å². The molecule has 0 saturated heterocycles. The number of hydrogen-bond acceptors (Lipinski definition) is 3. The minimum atomic E-state index is -4.34. The normalized spacial score (nSPS) is 13.6. The van der Waals surface area contributed by atoms with Crippen molar-refractivity contribution >= 4 is 34.2 Å². The number of alkyl halides is 3. The fourth-order valence-corrected chi connectivity index (χ4v) is 4.26. The maximum Gasteiger partial charge on any atom is 0.416 e. The van der Waals surface area contributed by atoms with Gasteiger partial charge in [0.25, 0.3) is 0 Å². The van der Waals surface area contributed by atoms with Gasteiger partial charge in [0.15, 0.2) is 0 Å². The van der Waals surface area contributed by atoms with Crippen LogP contribution in [0.2, 0.25) is 0 Å². The molecule has 2 heterocycles. The smallest absolute Gasteiger partial charge is 0.324 e. The highest BCUT2D eigenvalue weighted by Crippen LogP contribution is 2.49. The Morgan fingerprint density at radius 2 is 1.85 bits per heavy atom. The van der Waals surface area contributed by atoms with Crippen LogP contribution in [-0.4, -0.2) is 11.5 Å². The van der Waals surface area contributed by atoms with Crippen molar-refractivity contribution in [3.05, 3.63) is 54.1 Å². The van der Waals surface area contributed by atoms with Gasteiger partial charge in [-0.2, -0.15) is 13.2 Å². The lowest BCUT2D eigenvalue weighted by atomic mass is 10.1. The summed E-state index contributed by atoms with van der Waals surface area (Å²) in [5, 5.41) is 0.990. The highest BCUT2D eigenvalue weighted by Gasteiger charge is 2.33. The first kappa shape index (κ1) is 17.2. The largest absolute Gasteiger partial charge is 0.416 e. The molecule has 134 valence electrons. The van der Waals surface area contributed by atoms with E-state index >= 15 is 0 Å². The molecule has 2 nitrogen and oxygen atoms in total. The van der Waals surface area contributed by atoms with Gasteiger partial charge in [0.1, 0.15) is 5.82 Å². The summed E-state index contributed by atoms with van der Waals surface area (Å²) >= 11 is 1.36. The Kier molecular flexibility index (Phi) is 4.31. The number of rotatable bonds is 3. The van der Waals surface area contributed by atoms with Crippen molar-refractivity contribution in [2.24, 2.45) is 0 Å². The molecule has 2 aromatic carbocycles. The average molecular weight is 374 g/mol. The van der Waals surface area contributed by atoms with E-state index in [9.17, 15) is 13.2 Å². The summed E-state index contributed by atoms with van der Waals surface area (Å²) in [7, 11) is 0. The van der Waals surface area contributed by atoms with Gasteiger partial charge in [-0.15, -0.1) is 0 Å². The number of halogens is 3. The van der Waals surface area contributed by atoms with E-state index in [2.05, 4.69) is 11.8 Å². The fraction of sp³-hybridized carbons (Fsp3) is 0.250. The zero-order valence-electron chi connectivity index (χ0n) is 14.2. The van der Waals surface area contributed by atoms with Gasteiger partial charge in [0, 0.05) is 16.8 Å². The third-order valence-electron chi connectivity index (χ3n) is 4.46. The number of aromatic nitrogens is 1. The molecule has 0 N–H and O–H groups in total. The highest BCUT2D eigenvalue weighted by molar-refractivity contribution is 7.99. The van der Waals surface area contributed by atoms with Crippen LogP contribution in [-0.2, 0) is 6.18 Å². The van der Waals surface area contributed by atoms with Crippen LogP contribution in [0.4, 0.5) is 24.7 Å². The Labute approximate surface area is 154 Å². The molecule has 0 bridgehead atoms. The van der Waals surface area contributed by atoms with Crippen molar-refractivity contribution in [1.29, 1.82) is 0 Å². The predicted octanol–water partition coefficient (Wildman–Crippen LogP) is 6.66. The number of benzene rings is 2. The van der Waals surface area contributed by atoms with Crippen LogP contribution in [0.3, 0.4) is 0 Å². The van der Waals surface area contributed by atoms with Gasteiger partial charge in [-0.05, 0) is 36.8 Å². The van der Waals surface area contributed by atoms with Gasteiger partial charge >= 0.3 is 6.18 Å². The van der Waals surface area contributed by atoms with E-state index in [0.717, 1.165) is 52.8 Å². The molecule has 0 radical (unpaired) electrons. The van der Waals surface area contributed by atoms with Gasteiger partial charge in [-0.3, -0.25) is 0 Å². The van der Waals surface area contributed by atoms with Crippen molar-refractivity contribution in [3.8, 4) is 0 Å². The van der Waals surface area contributed by atoms with E-state index in [1.807, 2.05) is 30.3 Å².